The molecule has 1 saturated heterocycles. The molecular formula is C13H21N3O. The molecule has 2 unspecified atom stereocenters. The van der Waals surface area contributed by atoms with Gasteiger partial charge in [0.25, 0.3) is 0 Å². The third-order valence-corrected chi connectivity index (χ3v) is 3.90. The molecule has 1 aromatic heterocycles. The number of nitrogens with one attached hydrogen (secondary N) is 1. The van der Waals surface area contributed by atoms with E-state index in [1.165, 1.54) is 19.3 Å². The Bertz CT molecular complexity index is 382. The number of fused-ring (bicyclic) bond motifs is 1. The number of aliphatic hydroxyl groups is 1. The standard InChI is InChI=1S/C13H21N3O/c17-12-5-3-7-16-9-11(15-13(12)16)8-10-4-1-2-6-14-10/h9-10,12,14,17H,1-8H2. The van der Waals surface area contributed by atoms with Crippen molar-refractivity contribution in [3.8, 4) is 0 Å². The molecule has 4 heteroatoms. The second-order valence-corrected chi connectivity index (χ2v) is 5.29. The van der Waals surface area contributed by atoms with E-state index in [1.807, 2.05) is 0 Å². The highest BCUT2D eigenvalue weighted by molar-refractivity contribution is 5.10. The first-order valence-electron chi connectivity index (χ1n) is 6.80. The second-order valence-electron chi connectivity index (χ2n) is 5.29. The minimum atomic E-state index is -0.350. The maximum atomic E-state index is 9.88. The molecule has 1 aromatic rings. The third kappa shape index (κ3) is 2.38. The van der Waals surface area contributed by atoms with E-state index in [2.05, 4.69) is 21.1 Å². The van der Waals surface area contributed by atoms with Crippen LogP contribution in [0.15, 0.2) is 6.20 Å². The van der Waals surface area contributed by atoms with E-state index in [0.717, 1.165) is 43.9 Å². The van der Waals surface area contributed by atoms with Crippen LogP contribution in [0.2, 0.25) is 0 Å². The molecule has 0 bridgehead atoms. The van der Waals surface area contributed by atoms with Crippen molar-refractivity contribution in [3.63, 3.8) is 0 Å². The highest BCUT2D eigenvalue weighted by Crippen LogP contribution is 2.24. The number of aliphatic hydroxyl groups excluding tert-OH is 1. The molecule has 3 rings (SSSR count). The Morgan fingerprint density at radius 1 is 1.35 bits per heavy atom. The second kappa shape index (κ2) is 4.78. The molecule has 0 aliphatic carbocycles. The Labute approximate surface area is 102 Å². The molecule has 0 saturated carbocycles. The van der Waals surface area contributed by atoms with Gasteiger partial charge in [0.05, 0.1) is 5.69 Å². The average Bonchev–Trinajstić information content (AvgIpc) is 2.74. The van der Waals surface area contributed by atoms with Gasteiger partial charge in [-0.3, -0.25) is 0 Å². The molecule has 0 spiro atoms. The molecular weight excluding hydrogens is 214 g/mol. The number of imidazole rings is 1. The van der Waals surface area contributed by atoms with Gasteiger partial charge in [0.2, 0.25) is 0 Å². The van der Waals surface area contributed by atoms with Crippen LogP contribution in [0.5, 0.6) is 0 Å². The van der Waals surface area contributed by atoms with E-state index < -0.39 is 0 Å². The summed E-state index contributed by atoms with van der Waals surface area (Å²) in [6.45, 7) is 2.15. The van der Waals surface area contributed by atoms with Crippen LogP contribution in [0.3, 0.4) is 0 Å². The summed E-state index contributed by atoms with van der Waals surface area (Å²) in [6, 6.07) is 0.581. The number of piperidine rings is 1. The Kier molecular flexibility index (Phi) is 3.16. The van der Waals surface area contributed by atoms with Crippen LogP contribution in [0.25, 0.3) is 0 Å². The van der Waals surface area contributed by atoms with E-state index in [4.69, 9.17) is 0 Å². The minimum Gasteiger partial charge on any atom is -0.385 e. The largest absolute Gasteiger partial charge is 0.385 e. The van der Waals surface area contributed by atoms with Gasteiger partial charge in [0, 0.05) is 25.2 Å². The molecule has 94 valence electrons. The summed E-state index contributed by atoms with van der Waals surface area (Å²) < 4.78 is 2.13. The van der Waals surface area contributed by atoms with Crippen molar-refractivity contribution in [2.24, 2.45) is 0 Å². The fourth-order valence-corrected chi connectivity index (χ4v) is 2.96. The Morgan fingerprint density at radius 3 is 3.06 bits per heavy atom. The van der Waals surface area contributed by atoms with Gasteiger partial charge in [-0.1, -0.05) is 6.42 Å². The fourth-order valence-electron chi connectivity index (χ4n) is 2.96. The molecule has 17 heavy (non-hydrogen) atoms. The predicted octanol–water partition coefficient (Wildman–Crippen LogP) is 1.39. The summed E-state index contributed by atoms with van der Waals surface area (Å²) in [7, 11) is 0. The molecule has 0 radical (unpaired) electrons. The molecule has 1 fully saturated rings. The van der Waals surface area contributed by atoms with Crippen LogP contribution in [0.4, 0.5) is 0 Å². The van der Waals surface area contributed by atoms with Crippen LogP contribution >= 0.6 is 0 Å². The van der Waals surface area contributed by atoms with Crippen molar-refractivity contribution in [3.05, 3.63) is 17.7 Å². The predicted molar refractivity (Wildman–Crippen MR) is 65.8 cm³/mol. The molecule has 4 nitrogen and oxygen atoms in total. The van der Waals surface area contributed by atoms with Crippen LogP contribution in [0, 0.1) is 0 Å². The SMILES string of the molecule is OC1CCCn2cc(CC3CCCCN3)nc21. The van der Waals surface area contributed by atoms with E-state index in [0.29, 0.717) is 6.04 Å². The summed E-state index contributed by atoms with van der Waals surface area (Å²) in [6.07, 6.45) is 8.59. The van der Waals surface area contributed by atoms with Crippen molar-refractivity contribution < 1.29 is 5.11 Å². The van der Waals surface area contributed by atoms with Crippen molar-refractivity contribution in [2.45, 2.75) is 57.2 Å². The van der Waals surface area contributed by atoms with Crippen molar-refractivity contribution >= 4 is 0 Å². The number of hydrogen-bond donors (Lipinski definition) is 2. The van der Waals surface area contributed by atoms with Gasteiger partial charge in [0.1, 0.15) is 11.9 Å². The lowest BCUT2D eigenvalue weighted by Crippen LogP contribution is -2.35. The maximum absolute atomic E-state index is 9.88. The average molecular weight is 235 g/mol. The lowest BCUT2D eigenvalue weighted by molar-refractivity contribution is 0.133. The van der Waals surface area contributed by atoms with E-state index in [1.54, 1.807) is 0 Å². The summed E-state index contributed by atoms with van der Waals surface area (Å²) >= 11 is 0. The summed E-state index contributed by atoms with van der Waals surface area (Å²) in [5.74, 6) is 0.877. The zero-order valence-corrected chi connectivity index (χ0v) is 10.2. The summed E-state index contributed by atoms with van der Waals surface area (Å²) in [5.41, 5.74) is 1.14. The number of rotatable bonds is 2. The summed E-state index contributed by atoms with van der Waals surface area (Å²) in [4.78, 5) is 4.60. The van der Waals surface area contributed by atoms with Crippen molar-refractivity contribution in [1.82, 2.24) is 14.9 Å². The zero-order chi connectivity index (χ0) is 11.7. The lowest BCUT2D eigenvalue weighted by atomic mass is 10.0. The van der Waals surface area contributed by atoms with Crippen LogP contribution in [0.1, 0.15) is 49.7 Å². The van der Waals surface area contributed by atoms with Crippen molar-refractivity contribution in [1.29, 1.82) is 0 Å². The first kappa shape index (κ1) is 11.2. The number of aromatic nitrogens is 2. The first-order valence-corrected chi connectivity index (χ1v) is 6.80. The topological polar surface area (TPSA) is 50.1 Å². The Balaban J connectivity index is 1.71. The number of hydrogen-bond acceptors (Lipinski definition) is 3. The van der Waals surface area contributed by atoms with E-state index in [9.17, 15) is 5.11 Å². The van der Waals surface area contributed by atoms with Crippen LogP contribution < -0.4 is 5.32 Å². The number of aryl methyl sites for hydroxylation is 1. The zero-order valence-electron chi connectivity index (χ0n) is 10.2. The van der Waals surface area contributed by atoms with Gasteiger partial charge < -0.3 is 15.0 Å². The first-order chi connectivity index (χ1) is 8.33. The normalized spacial score (nSPS) is 29.0. The van der Waals surface area contributed by atoms with E-state index in [-0.39, 0.29) is 6.10 Å². The molecule has 3 heterocycles. The quantitative estimate of drug-likeness (QED) is 0.814. The van der Waals surface area contributed by atoms with Gasteiger partial charge in [0.15, 0.2) is 0 Å². The highest BCUT2D eigenvalue weighted by atomic mass is 16.3. The van der Waals surface area contributed by atoms with Gasteiger partial charge in [-0.15, -0.1) is 0 Å². The Morgan fingerprint density at radius 2 is 2.29 bits per heavy atom. The maximum Gasteiger partial charge on any atom is 0.137 e. The van der Waals surface area contributed by atoms with Crippen molar-refractivity contribution in [2.75, 3.05) is 6.54 Å². The fraction of sp³-hybridized carbons (Fsp3) is 0.769. The number of nitrogens with zero attached hydrogens (tertiary/aromatic N) is 2. The minimum absolute atomic E-state index is 0.350. The van der Waals surface area contributed by atoms with Gasteiger partial charge in [-0.25, -0.2) is 4.98 Å². The highest BCUT2D eigenvalue weighted by Gasteiger charge is 2.22. The smallest absolute Gasteiger partial charge is 0.137 e. The lowest BCUT2D eigenvalue weighted by Gasteiger charge is -2.22. The monoisotopic (exact) mass is 235 g/mol. The van der Waals surface area contributed by atoms with Gasteiger partial charge in [-0.2, -0.15) is 0 Å². The van der Waals surface area contributed by atoms with Crippen LogP contribution in [-0.2, 0) is 13.0 Å². The van der Waals surface area contributed by atoms with Gasteiger partial charge >= 0.3 is 0 Å². The van der Waals surface area contributed by atoms with Crippen LogP contribution in [-0.4, -0.2) is 27.2 Å². The van der Waals surface area contributed by atoms with Gasteiger partial charge in [-0.05, 0) is 32.2 Å². The molecule has 2 aliphatic rings. The molecule has 2 aliphatic heterocycles. The molecule has 2 atom stereocenters. The molecule has 0 aromatic carbocycles. The summed E-state index contributed by atoms with van der Waals surface area (Å²) in [5, 5.41) is 13.4. The molecule has 0 amide bonds. The molecule has 2 N–H and O–H groups in total. The van der Waals surface area contributed by atoms with E-state index >= 15 is 0 Å². The third-order valence-electron chi connectivity index (χ3n) is 3.90. The Hall–Kier alpha value is -0.870.